The van der Waals surface area contributed by atoms with Crippen molar-refractivity contribution in [2.75, 3.05) is 18.4 Å². The molecule has 2 N–H and O–H groups in total. The largest absolute Gasteiger partial charge is 0.480 e. The number of carbonyl (C=O) groups is 3. The van der Waals surface area contributed by atoms with Crippen molar-refractivity contribution in [1.82, 2.24) is 4.90 Å². The minimum Gasteiger partial charge on any atom is -0.480 e. The van der Waals surface area contributed by atoms with Crippen LogP contribution in [0.2, 0.25) is 0 Å². The van der Waals surface area contributed by atoms with E-state index >= 15 is 0 Å². The van der Waals surface area contributed by atoms with Gasteiger partial charge in [0.15, 0.2) is 0 Å². The van der Waals surface area contributed by atoms with Crippen LogP contribution in [0.5, 0.6) is 0 Å². The number of carboxylic acids is 1. The van der Waals surface area contributed by atoms with Crippen molar-refractivity contribution in [3.8, 4) is 0 Å². The second-order valence-electron chi connectivity index (χ2n) is 5.24. The minimum absolute atomic E-state index is 0.159. The number of benzene rings is 1. The van der Waals surface area contributed by atoms with Gasteiger partial charge in [0.25, 0.3) is 5.91 Å². The van der Waals surface area contributed by atoms with Gasteiger partial charge in [-0.3, -0.25) is 14.4 Å². The summed E-state index contributed by atoms with van der Waals surface area (Å²) in [6.45, 7) is 5.21. The summed E-state index contributed by atoms with van der Waals surface area (Å²) in [4.78, 5) is 35.6. The average Bonchev–Trinajstić information content (AvgIpc) is 2.35. The molecule has 0 aliphatic rings. The summed E-state index contributed by atoms with van der Waals surface area (Å²) in [5.41, 5.74) is 0.858. The summed E-state index contributed by atoms with van der Waals surface area (Å²) >= 11 is 0. The predicted octanol–water partition coefficient (Wildman–Crippen LogP) is 1.83. The van der Waals surface area contributed by atoms with Crippen LogP contribution in [0.15, 0.2) is 24.3 Å². The quantitative estimate of drug-likeness (QED) is 0.837. The van der Waals surface area contributed by atoms with Crippen LogP contribution in [0.3, 0.4) is 0 Å². The molecule has 21 heavy (non-hydrogen) atoms. The standard InChI is InChI=1S/C15H20N2O4/c1-10(2)8-17(9-14(19)20)15(21)12-5-4-6-13(7-12)16-11(3)18/h4-7,10H,8-9H2,1-3H3,(H,16,18)(H,19,20). The zero-order chi connectivity index (χ0) is 16.0. The van der Waals surface area contributed by atoms with Crippen molar-refractivity contribution >= 4 is 23.5 Å². The Kier molecular flexibility index (Phi) is 5.90. The van der Waals surface area contributed by atoms with Gasteiger partial charge in [-0.2, -0.15) is 0 Å². The Hall–Kier alpha value is -2.37. The minimum atomic E-state index is -1.05. The Morgan fingerprint density at radius 1 is 1.29 bits per heavy atom. The van der Waals surface area contributed by atoms with Crippen LogP contribution in [0, 0.1) is 5.92 Å². The molecule has 6 heteroatoms. The molecule has 1 aromatic rings. The van der Waals surface area contributed by atoms with E-state index in [4.69, 9.17) is 5.11 Å². The SMILES string of the molecule is CC(=O)Nc1cccc(C(=O)N(CC(=O)O)CC(C)C)c1. The highest BCUT2D eigenvalue weighted by atomic mass is 16.4. The molecular weight excluding hydrogens is 272 g/mol. The van der Waals surface area contributed by atoms with Crippen molar-refractivity contribution in [3.05, 3.63) is 29.8 Å². The maximum atomic E-state index is 12.4. The van der Waals surface area contributed by atoms with Gasteiger partial charge in [0.1, 0.15) is 6.54 Å². The van der Waals surface area contributed by atoms with E-state index < -0.39 is 5.97 Å². The molecule has 6 nitrogen and oxygen atoms in total. The second-order valence-corrected chi connectivity index (χ2v) is 5.24. The number of aliphatic carboxylic acids is 1. The third-order valence-corrected chi connectivity index (χ3v) is 2.63. The molecule has 0 heterocycles. The van der Waals surface area contributed by atoms with E-state index in [1.54, 1.807) is 24.3 Å². The Morgan fingerprint density at radius 2 is 1.95 bits per heavy atom. The lowest BCUT2D eigenvalue weighted by Gasteiger charge is -2.23. The first kappa shape index (κ1) is 16.7. The Labute approximate surface area is 123 Å². The number of hydrogen-bond acceptors (Lipinski definition) is 3. The zero-order valence-corrected chi connectivity index (χ0v) is 12.4. The lowest BCUT2D eigenvalue weighted by atomic mass is 10.1. The van der Waals surface area contributed by atoms with Crippen LogP contribution in [0.25, 0.3) is 0 Å². The monoisotopic (exact) mass is 292 g/mol. The molecule has 0 fully saturated rings. The van der Waals surface area contributed by atoms with Gasteiger partial charge in [-0.25, -0.2) is 0 Å². The van der Waals surface area contributed by atoms with Gasteiger partial charge in [0.05, 0.1) is 0 Å². The van der Waals surface area contributed by atoms with Crippen LogP contribution >= 0.6 is 0 Å². The number of carbonyl (C=O) groups excluding carboxylic acids is 2. The van der Waals surface area contributed by atoms with Gasteiger partial charge in [-0.15, -0.1) is 0 Å². The summed E-state index contributed by atoms with van der Waals surface area (Å²) in [5, 5.41) is 11.5. The molecule has 0 saturated carbocycles. The fourth-order valence-corrected chi connectivity index (χ4v) is 1.94. The topological polar surface area (TPSA) is 86.7 Å². The fraction of sp³-hybridized carbons (Fsp3) is 0.400. The first-order valence-corrected chi connectivity index (χ1v) is 6.68. The van der Waals surface area contributed by atoms with Gasteiger partial charge >= 0.3 is 5.97 Å². The highest BCUT2D eigenvalue weighted by molar-refractivity contribution is 5.98. The number of anilines is 1. The second kappa shape index (κ2) is 7.42. The number of hydrogen-bond donors (Lipinski definition) is 2. The number of nitrogens with one attached hydrogen (secondary N) is 1. The number of amides is 2. The molecule has 0 unspecified atom stereocenters. The molecule has 1 rings (SSSR count). The summed E-state index contributed by atoms with van der Waals surface area (Å²) < 4.78 is 0. The van der Waals surface area contributed by atoms with E-state index in [0.717, 1.165) is 0 Å². The maximum Gasteiger partial charge on any atom is 0.323 e. The smallest absolute Gasteiger partial charge is 0.323 e. The lowest BCUT2D eigenvalue weighted by Crippen LogP contribution is -2.38. The first-order chi connectivity index (χ1) is 9.79. The fourth-order valence-electron chi connectivity index (χ4n) is 1.94. The Bertz CT molecular complexity index is 540. The molecule has 0 spiro atoms. The number of rotatable bonds is 6. The Morgan fingerprint density at radius 3 is 2.48 bits per heavy atom. The molecule has 0 aliphatic heterocycles. The molecule has 0 aliphatic carbocycles. The highest BCUT2D eigenvalue weighted by Gasteiger charge is 2.19. The lowest BCUT2D eigenvalue weighted by molar-refractivity contribution is -0.137. The zero-order valence-electron chi connectivity index (χ0n) is 12.4. The van der Waals surface area contributed by atoms with Gasteiger partial charge in [0, 0.05) is 24.7 Å². The van der Waals surface area contributed by atoms with Gasteiger partial charge < -0.3 is 15.3 Å². The molecule has 0 aromatic heterocycles. The molecule has 114 valence electrons. The third-order valence-electron chi connectivity index (χ3n) is 2.63. The highest BCUT2D eigenvalue weighted by Crippen LogP contribution is 2.14. The van der Waals surface area contributed by atoms with E-state index in [1.165, 1.54) is 11.8 Å². The first-order valence-electron chi connectivity index (χ1n) is 6.68. The normalized spacial score (nSPS) is 10.3. The molecule has 2 amide bonds. The molecule has 0 saturated heterocycles. The molecular formula is C15H20N2O4. The summed E-state index contributed by atoms with van der Waals surface area (Å²) in [7, 11) is 0. The summed E-state index contributed by atoms with van der Waals surface area (Å²) in [6.07, 6.45) is 0. The van der Waals surface area contributed by atoms with Crippen molar-refractivity contribution in [3.63, 3.8) is 0 Å². The van der Waals surface area contributed by atoms with Gasteiger partial charge in [0.2, 0.25) is 5.91 Å². The van der Waals surface area contributed by atoms with Crippen LogP contribution < -0.4 is 5.32 Å². The summed E-state index contributed by atoms with van der Waals surface area (Å²) in [6, 6.07) is 6.46. The van der Waals surface area contributed by atoms with E-state index in [1.807, 2.05) is 13.8 Å². The van der Waals surface area contributed by atoms with E-state index in [2.05, 4.69) is 5.32 Å². The average molecular weight is 292 g/mol. The molecule has 0 radical (unpaired) electrons. The number of carboxylic acid groups (broad SMARTS) is 1. The Balaban J connectivity index is 2.96. The van der Waals surface area contributed by atoms with E-state index in [0.29, 0.717) is 17.8 Å². The van der Waals surface area contributed by atoms with E-state index in [-0.39, 0.29) is 24.3 Å². The molecule has 1 aromatic carbocycles. The number of nitrogens with zero attached hydrogens (tertiary/aromatic N) is 1. The van der Waals surface area contributed by atoms with Gasteiger partial charge in [-0.05, 0) is 24.1 Å². The van der Waals surface area contributed by atoms with E-state index in [9.17, 15) is 14.4 Å². The van der Waals surface area contributed by atoms with Crippen LogP contribution in [-0.2, 0) is 9.59 Å². The molecule has 0 atom stereocenters. The maximum absolute atomic E-state index is 12.4. The summed E-state index contributed by atoms with van der Waals surface area (Å²) in [5.74, 6) is -1.49. The predicted molar refractivity (Wildman–Crippen MR) is 79.1 cm³/mol. The third kappa shape index (κ3) is 5.64. The van der Waals surface area contributed by atoms with Crippen molar-refractivity contribution < 1.29 is 19.5 Å². The van der Waals surface area contributed by atoms with Crippen LogP contribution in [0.1, 0.15) is 31.1 Å². The van der Waals surface area contributed by atoms with Gasteiger partial charge in [-0.1, -0.05) is 19.9 Å². The van der Waals surface area contributed by atoms with Crippen molar-refractivity contribution in [2.24, 2.45) is 5.92 Å². The van der Waals surface area contributed by atoms with Crippen molar-refractivity contribution in [1.29, 1.82) is 0 Å². The van der Waals surface area contributed by atoms with Crippen LogP contribution in [0.4, 0.5) is 5.69 Å². The molecule has 0 bridgehead atoms. The van der Waals surface area contributed by atoms with Crippen LogP contribution in [-0.4, -0.2) is 40.9 Å². The van der Waals surface area contributed by atoms with Crippen molar-refractivity contribution in [2.45, 2.75) is 20.8 Å².